The smallest absolute Gasteiger partial charge is 0.214 e. The van der Waals surface area contributed by atoms with Gasteiger partial charge >= 0.3 is 0 Å². The molecular weight excluding hydrogens is 410 g/mol. The Balaban J connectivity index is 0.000000313. The highest BCUT2D eigenvalue weighted by Crippen LogP contribution is 2.21. The van der Waals surface area contributed by atoms with Gasteiger partial charge in [0.05, 0.1) is 5.75 Å². The molecule has 0 aliphatic heterocycles. The zero-order valence-corrected chi connectivity index (χ0v) is 19.7. The van der Waals surface area contributed by atoms with Gasteiger partial charge in [-0.05, 0) is 74.9 Å². The lowest BCUT2D eigenvalue weighted by Crippen LogP contribution is -2.20. The van der Waals surface area contributed by atoms with Gasteiger partial charge in [-0.2, -0.15) is 0 Å². The van der Waals surface area contributed by atoms with Crippen molar-refractivity contribution in [2.45, 2.75) is 46.5 Å². The molecule has 0 atom stereocenters. The number of hydrogen-bond acceptors (Lipinski definition) is 5. The molecular formula is C25H33NO4S. The lowest BCUT2D eigenvalue weighted by molar-refractivity contribution is -0.109. The minimum absolute atomic E-state index is 0.0712. The van der Waals surface area contributed by atoms with Gasteiger partial charge in [0, 0.05) is 31.8 Å². The maximum Gasteiger partial charge on any atom is 0.214 e. The lowest BCUT2D eigenvalue weighted by atomic mass is 9.91. The van der Waals surface area contributed by atoms with Crippen LogP contribution in [0.15, 0.2) is 42.5 Å². The number of fused-ring (bicyclic) bond motifs is 1. The zero-order chi connectivity index (χ0) is 23.2. The van der Waals surface area contributed by atoms with Crippen molar-refractivity contribution in [1.82, 2.24) is 0 Å². The fourth-order valence-corrected chi connectivity index (χ4v) is 3.77. The number of anilines is 1. The van der Waals surface area contributed by atoms with Crippen LogP contribution in [0.4, 0.5) is 5.69 Å². The third-order valence-electron chi connectivity index (χ3n) is 4.90. The van der Waals surface area contributed by atoms with Crippen LogP contribution in [0.5, 0.6) is 0 Å². The first-order chi connectivity index (χ1) is 14.9. The summed E-state index contributed by atoms with van der Waals surface area (Å²) in [5, 5.41) is 6.93. The maximum absolute atomic E-state index is 11.7. The van der Waals surface area contributed by atoms with Crippen LogP contribution < -0.4 is 4.90 Å². The van der Waals surface area contributed by atoms with Crippen molar-refractivity contribution < 1.29 is 19.5 Å². The van der Waals surface area contributed by atoms with Gasteiger partial charge in [0.15, 0.2) is 10.9 Å². The van der Waals surface area contributed by atoms with Gasteiger partial charge in [0.2, 0.25) is 6.41 Å². The van der Waals surface area contributed by atoms with Gasteiger partial charge < -0.3 is 10.0 Å². The van der Waals surface area contributed by atoms with Crippen LogP contribution in [0.3, 0.4) is 0 Å². The second kappa shape index (κ2) is 14.5. The summed E-state index contributed by atoms with van der Waals surface area (Å²) in [5.41, 5.74) is 5.89. The largest absolute Gasteiger partial charge is 0.400 e. The Labute approximate surface area is 189 Å². The van der Waals surface area contributed by atoms with Crippen LogP contribution in [0.25, 0.3) is 0 Å². The average Bonchev–Trinajstić information content (AvgIpc) is 2.80. The van der Waals surface area contributed by atoms with Crippen molar-refractivity contribution in [2.24, 2.45) is 0 Å². The van der Waals surface area contributed by atoms with E-state index in [1.54, 1.807) is 40.3 Å². The Kier molecular flexibility index (Phi) is 12.5. The van der Waals surface area contributed by atoms with E-state index in [2.05, 4.69) is 25.1 Å². The van der Waals surface area contributed by atoms with E-state index in [0.29, 0.717) is 12.1 Å². The fraction of sp³-hybridized carbons (Fsp3) is 0.400. The highest BCUT2D eigenvalue weighted by atomic mass is 32.2. The molecule has 0 bridgehead atoms. The number of aliphatic hydroxyl groups is 1. The average molecular weight is 444 g/mol. The molecule has 0 spiro atoms. The summed E-state index contributed by atoms with van der Waals surface area (Å²) in [6, 6.07) is 13.7. The molecule has 2 aromatic rings. The Morgan fingerprint density at radius 3 is 2.19 bits per heavy atom. The predicted molar refractivity (Wildman–Crippen MR) is 129 cm³/mol. The summed E-state index contributed by atoms with van der Waals surface area (Å²) >= 11 is 0.999. The first-order valence-corrected chi connectivity index (χ1v) is 11.4. The van der Waals surface area contributed by atoms with Crippen molar-refractivity contribution in [3.8, 4) is 0 Å². The molecule has 0 saturated heterocycles. The zero-order valence-electron chi connectivity index (χ0n) is 18.9. The number of aryl methyl sites for hydroxylation is 3. The third-order valence-corrected chi connectivity index (χ3v) is 5.71. The fourth-order valence-electron chi connectivity index (χ4n) is 3.27. The summed E-state index contributed by atoms with van der Waals surface area (Å²) in [7, 11) is 1.00. The molecule has 3 rings (SSSR count). The van der Waals surface area contributed by atoms with Crippen molar-refractivity contribution in [3.05, 3.63) is 64.7 Å². The Hall–Kier alpha value is -2.44. The van der Waals surface area contributed by atoms with E-state index in [1.165, 1.54) is 38.2 Å². The molecule has 1 aliphatic rings. The number of rotatable bonds is 6. The van der Waals surface area contributed by atoms with Crippen molar-refractivity contribution in [3.63, 3.8) is 0 Å². The topological polar surface area (TPSA) is 74.7 Å². The van der Waals surface area contributed by atoms with E-state index in [-0.39, 0.29) is 16.7 Å². The number of benzene rings is 2. The van der Waals surface area contributed by atoms with E-state index >= 15 is 0 Å². The van der Waals surface area contributed by atoms with E-state index in [4.69, 9.17) is 5.11 Å². The van der Waals surface area contributed by atoms with Gasteiger partial charge in [-0.1, -0.05) is 35.5 Å². The number of nitrogens with zero attached hydrogens (tertiary/aromatic N) is 1. The van der Waals surface area contributed by atoms with Crippen LogP contribution in [0.2, 0.25) is 0 Å². The normalized spacial score (nSPS) is 11.6. The number of carbonyl (C=O) groups is 3. The maximum atomic E-state index is 11.7. The number of thioether (sulfide) groups is 1. The van der Waals surface area contributed by atoms with Gasteiger partial charge in [-0.15, -0.1) is 0 Å². The molecule has 168 valence electrons. The molecule has 31 heavy (non-hydrogen) atoms. The monoisotopic (exact) mass is 443 g/mol. The SMILES string of the molecule is CCN(C=O)c1ccc(C(=O)CSC(C)=O)cc1.CO.Cc1ccc2c(c1)CCCC2. The van der Waals surface area contributed by atoms with Crippen LogP contribution in [-0.4, -0.2) is 41.8 Å². The molecule has 0 aromatic heterocycles. The molecule has 0 saturated carbocycles. The number of amides is 1. The molecule has 6 heteroatoms. The lowest BCUT2D eigenvalue weighted by Gasteiger charge is -2.15. The molecule has 1 N–H and O–H groups in total. The highest BCUT2D eigenvalue weighted by Gasteiger charge is 2.09. The van der Waals surface area contributed by atoms with Crippen molar-refractivity contribution in [2.75, 3.05) is 24.3 Å². The number of Topliss-reactive ketones (excluding diaryl/α,β-unsaturated/α-hetero) is 1. The molecule has 1 amide bonds. The molecule has 0 heterocycles. The minimum atomic E-state index is -0.0871. The number of aliphatic hydroxyl groups excluding tert-OH is 1. The van der Waals surface area contributed by atoms with E-state index in [1.807, 2.05) is 6.92 Å². The van der Waals surface area contributed by atoms with Gasteiger partial charge in [-0.3, -0.25) is 14.4 Å². The van der Waals surface area contributed by atoms with Crippen molar-refractivity contribution in [1.29, 1.82) is 0 Å². The molecule has 0 radical (unpaired) electrons. The summed E-state index contributed by atoms with van der Waals surface area (Å²) in [6.07, 6.45) is 6.13. The summed E-state index contributed by atoms with van der Waals surface area (Å²) in [5.74, 6) is 0.0655. The quantitative estimate of drug-likeness (QED) is 0.521. The first-order valence-electron chi connectivity index (χ1n) is 10.5. The van der Waals surface area contributed by atoms with E-state index < -0.39 is 0 Å². The van der Waals surface area contributed by atoms with Gasteiger partial charge in [0.1, 0.15) is 0 Å². The molecule has 0 unspecified atom stereocenters. The summed E-state index contributed by atoms with van der Waals surface area (Å²) in [6.45, 7) is 6.06. The third kappa shape index (κ3) is 9.07. The van der Waals surface area contributed by atoms with Crippen LogP contribution in [-0.2, 0) is 22.4 Å². The van der Waals surface area contributed by atoms with Crippen molar-refractivity contribution >= 4 is 34.8 Å². The predicted octanol–water partition coefficient (Wildman–Crippen LogP) is 4.61. The highest BCUT2D eigenvalue weighted by molar-refractivity contribution is 8.14. The summed E-state index contributed by atoms with van der Waals surface area (Å²) in [4.78, 5) is 34.8. The Morgan fingerprint density at radius 2 is 1.65 bits per heavy atom. The van der Waals surface area contributed by atoms with Gasteiger partial charge in [0.25, 0.3) is 0 Å². The molecule has 0 fully saturated rings. The van der Waals surface area contributed by atoms with Crippen LogP contribution >= 0.6 is 11.8 Å². The first kappa shape index (κ1) is 26.6. The molecule has 1 aliphatic carbocycles. The van der Waals surface area contributed by atoms with E-state index in [0.717, 1.165) is 31.0 Å². The van der Waals surface area contributed by atoms with Crippen LogP contribution in [0, 0.1) is 6.92 Å². The Morgan fingerprint density at radius 1 is 1.03 bits per heavy atom. The minimum Gasteiger partial charge on any atom is -0.400 e. The van der Waals surface area contributed by atoms with Gasteiger partial charge in [-0.25, -0.2) is 0 Å². The molecule has 5 nitrogen and oxygen atoms in total. The number of carbonyl (C=O) groups excluding carboxylic acids is 3. The van der Waals surface area contributed by atoms with E-state index in [9.17, 15) is 14.4 Å². The second-order valence-corrected chi connectivity index (χ2v) is 8.27. The number of hydrogen-bond donors (Lipinski definition) is 1. The second-order valence-electron chi connectivity index (χ2n) is 7.12. The summed E-state index contributed by atoms with van der Waals surface area (Å²) < 4.78 is 0. The number of ketones is 1. The van der Waals surface area contributed by atoms with Crippen LogP contribution in [0.1, 0.15) is 53.7 Å². The molecule has 2 aromatic carbocycles. The standard InChI is InChI=1S/C13H15NO3S.C11H14.CH4O/c1-3-14(9-15)12-6-4-11(5-7-12)13(17)8-18-10(2)16;1-9-6-7-10-4-2-3-5-11(10)8-9;1-2/h4-7,9H,3,8H2,1-2H3;6-8H,2-5H2,1H3;2H,1H3. The Bertz CT molecular complexity index is 849.